The minimum absolute atomic E-state index is 0.395. The summed E-state index contributed by atoms with van der Waals surface area (Å²) in [6.07, 6.45) is 4.11. The Kier molecular flexibility index (Phi) is 4.48. The molecule has 96 valence electrons. The first-order chi connectivity index (χ1) is 8.22. The van der Waals surface area contributed by atoms with Gasteiger partial charge in [0.15, 0.2) is 0 Å². The highest BCUT2D eigenvalue weighted by Crippen LogP contribution is 2.26. The van der Waals surface area contributed by atoms with Crippen LogP contribution in [0.5, 0.6) is 0 Å². The van der Waals surface area contributed by atoms with Crippen LogP contribution < -0.4 is 5.32 Å². The molecule has 1 aromatic rings. The molecule has 0 aromatic carbocycles. The summed E-state index contributed by atoms with van der Waals surface area (Å²) in [6, 6.07) is 0.962. The molecular formula is C12H22N4S. The van der Waals surface area contributed by atoms with Gasteiger partial charge in [-0.15, -0.1) is 0 Å². The monoisotopic (exact) mass is 254 g/mol. The van der Waals surface area contributed by atoms with E-state index in [9.17, 15) is 0 Å². The van der Waals surface area contributed by atoms with Gasteiger partial charge in [0.2, 0.25) is 0 Å². The van der Waals surface area contributed by atoms with E-state index < -0.39 is 0 Å². The molecule has 0 aliphatic carbocycles. The summed E-state index contributed by atoms with van der Waals surface area (Å²) in [5.41, 5.74) is 1.30. The first-order valence-corrected chi connectivity index (χ1v) is 7.37. The van der Waals surface area contributed by atoms with E-state index in [0.29, 0.717) is 12.1 Å². The van der Waals surface area contributed by atoms with Crippen molar-refractivity contribution in [2.24, 2.45) is 7.05 Å². The molecule has 1 aromatic heterocycles. The number of nitrogens with one attached hydrogen (secondary N) is 1. The largest absolute Gasteiger partial charge is 0.309 e. The zero-order chi connectivity index (χ0) is 12.3. The van der Waals surface area contributed by atoms with Crippen LogP contribution in [0.2, 0.25) is 0 Å². The van der Waals surface area contributed by atoms with Crippen molar-refractivity contribution in [1.29, 1.82) is 0 Å². The second-order valence-corrected chi connectivity index (χ2v) is 5.76. The molecule has 0 saturated carbocycles. The highest BCUT2D eigenvalue weighted by molar-refractivity contribution is 7.99. The van der Waals surface area contributed by atoms with Gasteiger partial charge in [0, 0.05) is 42.9 Å². The van der Waals surface area contributed by atoms with E-state index in [4.69, 9.17) is 0 Å². The Morgan fingerprint density at radius 1 is 1.59 bits per heavy atom. The Bertz CT molecular complexity index is 352. The Morgan fingerprint density at radius 2 is 2.41 bits per heavy atom. The molecule has 0 radical (unpaired) electrons. The maximum atomic E-state index is 4.29. The Morgan fingerprint density at radius 3 is 3.00 bits per heavy atom. The van der Waals surface area contributed by atoms with Crippen LogP contribution in [0.4, 0.5) is 0 Å². The van der Waals surface area contributed by atoms with E-state index in [1.54, 1.807) is 0 Å². The number of hydrogen-bond donors (Lipinski definition) is 1. The van der Waals surface area contributed by atoms with E-state index in [2.05, 4.69) is 47.2 Å². The highest BCUT2D eigenvalue weighted by atomic mass is 32.2. The van der Waals surface area contributed by atoms with Crippen molar-refractivity contribution in [3.8, 4) is 0 Å². The fourth-order valence-corrected chi connectivity index (χ4v) is 3.63. The van der Waals surface area contributed by atoms with Crippen LogP contribution >= 0.6 is 11.8 Å². The zero-order valence-corrected chi connectivity index (χ0v) is 11.7. The average Bonchev–Trinajstić information content (AvgIpc) is 2.74. The third-order valence-electron chi connectivity index (χ3n) is 3.34. The van der Waals surface area contributed by atoms with Crippen LogP contribution in [0.1, 0.15) is 18.5 Å². The minimum atomic E-state index is 0.395. The maximum absolute atomic E-state index is 4.29. The normalized spacial score (nSPS) is 23.8. The molecule has 1 N–H and O–H groups in total. The van der Waals surface area contributed by atoms with Crippen LogP contribution in [0.15, 0.2) is 12.4 Å². The number of hydrogen-bond acceptors (Lipinski definition) is 4. The molecular weight excluding hydrogens is 232 g/mol. The van der Waals surface area contributed by atoms with Crippen molar-refractivity contribution >= 4 is 11.8 Å². The van der Waals surface area contributed by atoms with Gasteiger partial charge in [-0.2, -0.15) is 16.9 Å². The van der Waals surface area contributed by atoms with Gasteiger partial charge < -0.3 is 5.32 Å². The fourth-order valence-electron chi connectivity index (χ4n) is 2.35. The summed E-state index contributed by atoms with van der Waals surface area (Å²) in [7, 11) is 4.21. The lowest BCUT2D eigenvalue weighted by Gasteiger charge is -2.37. The summed E-state index contributed by atoms with van der Waals surface area (Å²) in [4.78, 5) is 2.47. The topological polar surface area (TPSA) is 33.1 Å². The molecule has 17 heavy (non-hydrogen) atoms. The van der Waals surface area contributed by atoms with Crippen LogP contribution in [0.25, 0.3) is 0 Å². The predicted octanol–water partition coefficient (Wildman–Crippen LogP) is 1.12. The van der Waals surface area contributed by atoms with Crippen molar-refractivity contribution in [1.82, 2.24) is 20.0 Å². The lowest BCUT2D eigenvalue weighted by atomic mass is 10.0. The van der Waals surface area contributed by atoms with Gasteiger partial charge in [-0.1, -0.05) is 6.92 Å². The zero-order valence-electron chi connectivity index (χ0n) is 10.9. The average molecular weight is 254 g/mol. The third kappa shape index (κ3) is 3.03. The number of aryl methyl sites for hydroxylation is 1. The number of nitrogens with zero attached hydrogens (tertiary/aromatic N) is 3. The first kappa shape index (κ1) is 12.9. The molecule has 2 rings (SSSR count). The summed E-state index contributed by atoms with van der Waals surface area (Å²) in [6.45, 7) is 4.34. The van der Waals surface area contributed by atoms with E-state index in [0.717, 1.165) is 6.54 Å². The maximum Gasteiger partial charge on any atom is 0.0538 e. The molecule has 0 amide bonds. The molecule has 1 saturated heterocycles. The Balaban J connectivity index is 2.15. The van der Waals surface area contributed by atoms with Gasteiger partial charge in [0.1, 0.15) is 0 Å². The fraction of sp³-hybridized carbons (Fsp3) is 0.750. The molecule has 1 aliphatic heterocycles. The number of likely N-dealkylation sites (N-methyl/N-ethyl adjacent to an activating group) is 2. The van der Waals surface area contributed by atoms with Crippen molar-refractivity contribution in [2.75, 3.05) is 31.6 Å². The van der Waals surface area contributed by atoms with Gasteiger partial charge in [-0.3, -0.25) is 9.58 Å². The summed E-state index contributed by atoms with van der Waals surface area (Å²) in [5, 5.41) is 7.90. The van der Waals surface area contributed by atoms with Crippen LogP contribution in [0.3, 0.4) is 0 Å². The highest BCUT2D eigenvalue weighted by Gasteiger charge is 2.29. The molecule has 4 nitrogen and oxygen atoms in total. The summed E-state index contributed by atoms with van der Waals surface area (Å²) < 4.78 is 1.88. The molecule has 2 heterocycles. The SMILES string of the molecule is CCNC(c1cnn(C)c1)C1CSCCN1C. The molecule has 5 heteroatoms. The van der Waals surface area contributed by atoms with Crippen LogP contribution in [0, 0.1) is 0 Å². The van der Waals surface area contributed by atoms with E-state index in [1.807, 2.05) is 17.9 Å². The summed E-state index contributed by atoms with van der Waals surface area (Å²) in [5.74, 6) is 2.45. The standard InChI is InChI=1S/C12H22N4S/c1-4-13-12(10-7-14-16(3)8-10)11-9-17-6-5-15(11)2/h7-8,11-13H,4-6,9H2,1-3H3. The molecule has 1 fully saturated rings. The first-order valence-electron chi connectivity index (χ1n) is 6.22. The lowest BCUT2D eigenvalue weighted by molar-refractivity contribution is 0.217. The smallest absolute Gasteiger partial charge is 0.0538 e. The predicted molar refractivity (Wildman–Crippen MR) is 73.4 cm³/mol. The van der Waals surface area contributed by atoms with Gasteiger partial charge in [-0.05, 0) is 13.6 Å². The summed E-state index contributed by atoms with van der Waals surface area (Å²) >= 11 is 2.05. The molecule has 2 atom stereocenters. The van der Waals surface area contributed by atoms with Gasteiger partial charge in [-0.25, -0.2) is 0 Å². The quantitative estimate of drug-likeness (QED) is 0.873. The van der Waals surface area contributed by atoms with Gasteiger partial charge in [0.25, 0.3) is 0 Å². The van der Waals surface area contributed by atoms with Crippen LogP contribution in [-0.4, -0.2) is 52.4 Å². The Hall–Kier alpha value is -0.520. The third-order valence-corrected chi connectivity index (χ3v) is 4.38. The second-order valence-electron chi connectivity index (χ2n) is 4.61. The van der Waals surface area contributed by atoms with Crippen molar-refractivity contribution in [3.05, 3.63) is 18.0 Å². The number of aromatic nitrogens is 2. The van der Waals surface area contributed by atoms with E-state index in [-0.39, 0.29) is 0 Å². The van der Waals surface area contributed by atoms with Gasteiger partial charge in [0.05, 0.1) is 12.2 Å². The van der Waals surface area contributed by atoms with Crippen molar-refractivity contribution in [2.45, 2.75) is 19.0 Å². The number of rotatable bonds is 4. The Labute approximate surface area is 108 Å². The molecule has 0 spiro atoms. The van der Waals surface area contributed by atoms with E-state index in [1.165, 1.54) is 23.6 Å². The second kappa shape index (κ2) is 5.89. The number of thioether (sulfide) groups is 1. The van der Waals surface area contributed by atoms with Crippen LogP contribution in [-0.2, 0) is 7.05 Å². The van der Waals surface area contributed by atoms with E-state index >= 15 is 0 Å². The molecule has 2 unspecified atom stereocenters. The lowest BCUT2D eigenvalue weighted by Crippen LogP contribution is -2.47. The molecule has 1 aliphatic rings. The van der Waals surface area contributed by atoms with Crippen molar-refractivity contribution in [3.63, 3.8) is 0 Å². The minimum Gasteiger partial charge on any atom is -0.309 e. The molecule has 0 bridgehead atoms. The van der Waals surface area contributed by atoms with Gasteiger partial charge >= 0.3 is 0 Å². The van der Waals surface area contributed by atoms with Crippen molar-refractivity contribution < 1.29 is 0 Å².